The van der Waals surface area contributed by atoms with E-state index in [-0.39, 0.29) is 17.9 Å². The Balaban J connectivity index is 1.57. The van der Waals surface area contributed by atoms with E-state index in [2.05, 4.69) is 16.9 Å². The van der Waals surface area contributed by atoms with Crippen LogP contribution in [-0.2, 0) is 9.53 Å². The normalized spacial score (nSPS) is 25.5. The number of piperazine rings is 1. The number of carbonyl (C=O) groups excluding carboxylic acids is 1. The number of anilines is 1. The zero-order chi connectivity index (χ0) is 16.2. The van der Waals surface area contributed by atoms with E-state index in [4.69, 9.17) is 4.74 Å². The maximum absolute atomic E-state index is 12.9. The van der Waals surface area contributed by atoms with Crippen LogP contribution in [0.2, 0.25) is 0 Å². The van der Waals surface area contributed by atoms with Crippen molar-refractivity contribution < 1.29 is 13.9 Å². The summed E-state index contributed by atoms with van der Waals surface area (Å²) in [6.07, 6.45) is 5.14. The molecule has 126 valence electrons. The molecule has 1 aromatic heterocycles. The van der Waals surface area contributed by atoms with Gasteiger partial charge in [-0.2, -0.15) is 0 Å². The molecule has 7 heteroatoms. The monoisotopic (exact) mass is 322 g/mol. The molecule has 0 spiro atoms. The first kappa shape index (κ1) is 16.1. The van der Waals surface area contributed by atoms with E-state index in [1.807, 2.05) is 9.80 Å². The molecule has 1 aromatic rings. The molecule has 2 aliphatic rings. The van der Waals surface area contributed by atoms with Gasteiger partial charge in [-0.25, -0.2) is 14.4 Å². The smallest absolute Gasteiger partial charge is 0.228 e. The summed E-state index contributed by atoms with van der Waals surface area (Å²) in [5, 5.41) is 0. The van der Waals surface area contributed by atoms with Crippen LogP contribution in [0, 0.1) is 11.7 Å². The van der Waals surface area contributed by atoms with Gasteiger partial charge in [-0.1, -0.05) is 6.92 Å². The molecule has 0 aromatic carbocycles. The fraction of sp³-hybridized carbons (Fsp3) is 0.688. The number of nitrogens with zero attached hydrogens (tertiary/aromatic N) is 4. The topological polar surface area (TPSA) is 58.6 Å². The number of amides is 1. The molecule has 0 radical (unpaired) electrons. The largest absolute Gasteiger partial charge is 0.377 e. The molecule has 6 nitrogen and oxygen atoms in total. The molecule has 2 aliphatic heterocycles. The summed E-state index contributed by atoms with van der Waals surface area (Å²) >= 11 is 0. The van der Waals surface area contributed by atoms with E-state index < -0.39 is 5.82 Å². The lowest BCUT2D eigenvalue weighted by atomic mass is 9.91. The van der Waals surface area contributed by atoms with Gasteiger partial charge in [-0.15, -0.1) is 0 Å². The highest BCUT2D eigenvalue weighted by molar-refractivity contribution is 5.79. The molecule has 2 atom stereocenters. The standard InChI is InChI=1S/C16H23FN4O2/c1-2-14-13(4-3-9-23-14)15(22)20-5-7-21(8-6-20)16-18-10-12(17)11-19-16/h10-11,13-14H,2-9H2,1H3. The van der Waals surface area contributed by atoms with Gasteiger partial charge < -0.3 is 14.5 Å². The third-order valence-corrected chi connectivity index (χ3v) is 4.64. The van der Waals surface area contributed by atoms with Crippen LogP contribution in [-0.4, -0.2) is 59.7 Å². The summed E-state index contributed by atoms with van der Waals surface area (Å²) < 4.78 is 18.6. The van der Waals surface area contributed by atoms with Gasteiger partial charge in [-0.05, 0) is 19.3 Å². The predicted molar refractivity (Wildman–Crippen MR) is 83.5 cm³/mol. The third kappa shape index (κ3) is 3.60. The first-order valence-electron chi connectivity index (χ1n) is 8.32. The Morgan fingerprint density at radius 2 is 2.00 bits per heavy atom. The van der Waals surface area contributed by atoms with Gasteiger partial charge in [0, 0.05) is 32.8 Å². The Kier molecular flexibility index (Phi) is 5.05. The van der Waals surface area contributed by atoms with Crippen molar-refractivity contribution in [1.82, 2.24) is 14.9 Å². The molecule has 23 heavy (non-hydrogen) atoms. The number of hydrogen-bond acceptors (Lipinski definition) is 5. The van der Waals surface area contributed by atoms with Gasteiger partial charge in [0.2, 0.25) is 11.9 Å². The van der Waals surface area contributed by atoms with Crippen molar-refractivity contribution in [2.75, 3.05) is 37.7 Å². The van der Waals surface area contributed by atoms with Crippen LogP contribution in [0.15, 0.2) is 12.4 Å². The highest BCUT2D eigenvalue weighted by Gasteiger charge is 2.34. The average Bonchev–Trinajstić information content (AvgIpc) is 2.62. The van der Waals surface area contributed by atoms with Crippen LogP contribution in [0.3, 0.4) is 0 Å². The van der Waals surface area contributed by atoms with E-state index in [1.165, 1.54) is 12.4 Å². The lowest BCUT2D eigenvalue weighted by molar-refractivity contribution is -0.145. The Hall–Kier alpha value is -1.76. The molecule has 2 saturated heterocycles. The van der Waals surface area contributed by atoms with Gasteiger partial charge >= 0.3 is 0 Å². The minimum atomic E-state index is -0.439. The SMILES string of the molecule is CCC1OCCCC1C(=O)N1CCN(c2ncc(F)cn2)CC1. The van der Waals surface area contributed by atoms with Crippen LogP contribution < -0.4 is 4.90 Å². The Labute approximate surface area is 135 Å². The molecular weight excluding hydrogens is 299 g/mol. The van der Waals surface area contributed by atoms with Gasteiger partial charge in [0.25, 0.3) is 0 Å². The van der Waals surface area contributed by atoms with Crippen molar-refractivity contribution in [2.24, 2.45) is 5.92 Å². The van der Waals surface area contributed by atoms with Crippen molar-refractivity contribution in [3.63, 3.8) is 0 Å². The molecule has 2 fully saturated rings. The second kappa shape index (κ2) is 7.21. The van der Waals surface area contributed by atoms with Gasteiger partial charge in [0.15, 0.2) is 5.82 Å². The number of hydrogen-bond donors (Lipinski definition) is 0. The van der Waals surface area contributed by atoms with Crippen LogP contribution in [0.25, 0.3) is 0 Å². The van der Waals surface area contributed by atoms with Crippen molar-refractivity contribution in [3.05, 3.63) is 18.2 Å². The fourth-order valence-corrected chi connectivity index (χ4v) is 3.35. The number of rotatable bonds is 3. The maximum atomic E-state index is 12.9. The van der Waals surface area contributed by atoms with Crippen molar-refractivity contribution >= 4 is 11.9 Å². The van der Waals surface area contributed by atoms with E-state index in [9.17, 15) is 9.18 Å². The fourth-order valence-electron chi connectivity index (χ4n) is 3.35. The number of ether oxygens (including phenoxy) is 1. The molecule has 0 N–H and O–H groups in total. The van der Waals surface area contributed by atoms with Crippen molar-refractivity contribution in [2.45, 2.75) is 32.3 Å². The first-order valence-corrected chi connectivity index (χ1v) is 8.32. The van der Waals surface area contributed by atoms with E-state index in [1.54, 1.807) is 0 Å². The lowest BCUT2D eigenvalue weighted by Gasteiger charge is -2.39. The summed E-state index contributed by atoms with van der Waals surface area (Å²) in [4.78, 5) is 24.7. The predicted octanol–water partition coefficient (Wildman–Crippen LogP) is 1.47. The molecule has 0 bridgehead atoms. The van der Waals surface area contributed by atoms with E-state index in [0.29, 0.717) is 32.1 Å². The Morgan fingerprint density at radius 1 is 1.30 bits per heavy atom. The zero-order valence-corrected chi connectivity index (χ0v) is 13.4. The lowest BCUT2D eigenvalue weighted by Crippen LogP contribution is -2.53. The van der Waals surface area contributed by atoms with Crippen LogP contribution in [0.1, 0.15) is 26.2 Å². The van der Waals surface area contributed by atoms with Crippen LogP contribution in [0.5, 0.6) is 0 Å². The highest BCUT2D eigenvalue weighted by Crippen LogP contribution is 2.26. The van der Waals surface area contributed by atoms with Crippen molar-refractivity contribution in [3.8, 4) is 0 Å². The van der Waals surface area contributed by atoms with Crippen LogP contribution in [0.4, 0.5) is 10.3 Å². The minimum Gasteiger partial charge on any atom is -0.377 e. The van der Waals surface area contributed by atoms with Crippen molar-refractivity contribution in [1.29, 1.82) is 0 Å². The summed E-state index contributed by atoms with van der Waals surface area (Å²) in [6, 6.07) is 0. The minimum absolute atomic E-state index is 0.0117. The molecule has 3 heterocycles. The summed E-state index contributed by atoms with van der Waals surface area (Å²) in [7, 11) is 0. The van der Waals surface area contributed by atoms with E-state index in [0.717, 1.165) is 25.9 Å². The highest BCUT2D eigenvalue weighted by atomic mass is 19.1. The average molecular weight is 322 g/mol. The first-order chi connectivity index (χ1) is 11.2. The molecular formula is C16H23FN4O2. The molecule has 3 rings (SSSR count). The Bertz CT molecular complexity index is 531. The molecule has 1 amide bonds. The summed E-state index contributed by atoms with van der Waals surface area (Å²) in [5.41, 5.74) is 0. The quantitative estimate of drug-likeness (QED) is 0.843. The second-order valence-electron chi connectivity index (χ2n) is 6.08. The maximum Gasteiger partial charge on any atom is 0.228 e. The number of carbonyl (C=O) groups is 1. The van der Waals surface area contributed by atoms with Gasteiger partial charge in [-0.3, -0.25) is 4.79 Å². The third-order valence-electron chi connectivity index (χ3n) is 4.64. The second-order valence-corrected chi connectivity index (χ2v) is 6.08. The van der Waals surface area contributed by atoms with E-state index >= 15 is 0 Å². The molecule has 0 aliphatic carbocycles. The molecule has 0 saturated carbocycles. The zero-order valence-electron chi connectivity index (χ0n) is 13.4. The summed E-state index contributed by atoms with van der Waals surface area (Å²) in [6.45, 7) is 5.46. The Morgan fingerprint density at radius 3 is 2.65 bits per heavy atom. The number of halogens is 1. The van der Waals surface area contributed by atoms with Gasteiger partial charge in [0.1, 0.15) is 0 Å². The summed E-state index contributed by atoms with van der Waals surface area (Å²) in [5.74, 6) is 0.273. The van der Waals surface area contributed by atoms with Gasteiger partial charge in [0.05, 0.1) is 24.4 Å². The number of aromatic nitrogens is 2. The van der Waals surface area contributed by atoms with Crippen LogP contribution >= 0.6 is 0 Å². The molecule has 2 unspecified atom stereocenters.